The normalized spacial score (nSPS) is 15.9. The zero-order valence-electron chi connectivity index (χ0n) is 14.3. The number of non-ortho nitro benzene ring substituents is 1. The molecular formula is C20H16N2O4. The minimum Gasteiger partial charge on any atom is -0.480 e. The summed E-state index contributed by atoms with van der Waals surface area (Å²) >= 11 is 0. The molecule has 0 N–H and O–H groups in total. The number of rotatable bonds is 2. The monoisotopic (exact) mass is 348 g/mol. The highest BCUT2D eigenvalue weighted by atomic mass is 16.6. The van der Waals surface area contributed by atoms with Crippen molar-refractivity contribution < 1.29 is 9.66 Å². The lowest BCUT2D eigenvalue weighted by Gasteiger charge is -2.27. The minimum absolute atomic E-state index is 0.0333. The van der Waals surface area contributed by atoms with Crippen molar-refractivity contribution in [3.05, 3.63) is 85.7 Å². The van der Waals surface area contributed by atoms with Crippen molar-refractivity contribution in [1.29, 1.82) is 0 Å². The molecule has 130 valence electrons. The molecule has 0 fully saturated rings. The van der Waals surface area contributed by atoms with Gasteiger partial charge in [-0.3, -0.25) is 14.9 Å². The fraction of sp³-hybridized carbons (Fsp3) is 0.150. The molecular weight excluding hydrogens is 332 g/mol. The van der Waals surface area contributed by atoms with Crippen LogP contribution in [0.15, 0.2) is 58.9 Å². The van der Waals surface area contributed by atoms with Crippen LogP contribution in [-0.4, -0.2) is 9.49 Å². The average molecular weight is 348 g/mol. The third kappa shape index (κ3) is 2.38. The van der Waals surface area contributed by atoms with Crippen molar-refractivity contribution in [3.8, 4) is 5.75 Å². The van der Waals surface area contributed by atoms with E-state index in [1.54, 1.807) is 23.7 Å². The zero-order valence-corrected chi connectivity index (χ0v) is 14.3. The fourth-order valence-corrected chi connectivity index (χ4v) is 3.36. The van der Waals surface area contributed by atoms with Crippen LogP contribution in [0.5, 0.6) is 5.75 Å². The summed E-state index contributed by atoms with van der Waals surface area (Å²) in [7, 11) is 1.75. The molecule has 0 saturated carbocycles. The van der Waals surface area contributed by atoms with Gasteiger partial charge in [-0.15, -0.1) is 0 Å². The van der Waals surface area contributed by atoms with Crippen molar-refractivity contribution in [3.63, 3.8) is 0 Å². The maximum atomic E-state index is 12.7. The van der Waals surface area contributed by atoms with E-state index in [1.807, 2.05) is 37.3 Å². The van der Waals surface area contributed by atoms with Crippen LogP contribution in [0, 0.1) is 10.1 Å². The number of benzene rings is 2. The van der Waals surface area contributed by atoms with Gasteiger partial charge < -0.3 is 9.30 Å². The van der Waals surface area contributed by atoms with Gasteiger partial charge in [0.05, 0.1) is 16.0 Å². The van der Waals surface area contributed by atoms with Crippen LogP contribution < -0.4 is 10.3 Å². The molecule has 0 bridgehead atoms. The lowest BCUT2D eigenvalue weighted by molar-refractivity contribution is -0.384. The molecule has 0 radical (unpaired) electrons. The van der Waals surface area contributed by atoms with Crippen LogP contribution in [0.25, 0.3) is 17.0 Å². The zero-order chi connectivity index (χ0) is 18.4. The Morgan fingerprint density at radius 1 is 1.12 bits per heavy atom. The van der Waals surface area contributed by atoms with Gasteiger partial charge in [-0.25, -0.2) is 0 Å². The Kier molecular flexibility index (Phi) is 3.61. The number of hydrogen-bond donors (Lipinski definition) is 0. The Morgan fingerprint density at radius 3 is 2.50 bits per heavy atom. The Labute approximate surface area is 149 Å². The first-order valence-electron chi connectivity index (χ1n) is 8.18. The summed E-state index contributed by atoms with van der Waals surface area (Å²) in [6.07, 6.45) is 1.46. The minimum atomic E-state index is -0.430. The molecule has 26 heavy (non-hydrogen) atoms. The van der Waals surface area contributed by atoms with Gasteiger partial charge >= 0.3 is 0 Å². The number of fused-ring (bicyclic) bond motifs is 3. The van der Waals surface area contributed by atoms with Crippen LogP contribution in [0.2, 0.25) is 0 Å². The summed E-state index contributed by atoms with van der Waals surface area (Å²) in [5.74, 6) is 0.553. The number of aromatic nitrogens is 1. The SMILES string of the molecule is CC1=Cc2c(c3ccccc3n(C)c2=O)OC1c1ccc([N+](=O)[O-])cc1. The second-order valence-electron chi connectivity index (χ2n) is 6.36. The third-order valence-corrected chi connectivity index (χ3v) is 4.72. The first-order chi connectivity index (χ1) is 12.5. The molecule has 0 aliphatic carbocycles. The van der Waals surface area contributed by atoms with Crippen LogP contribution >= 0.6 is 0 Å². The summed E-state index contributed by atoms with van der Waals surface area (Å²) in [4.78, 5) is 23.1. The molecule has 2 aromatic carbocycles. The molecule has 2 heterocycles. The fourth-order valence-electron chi connectivity index (χ4n) is 3.36. The van der Waals surface area contributed by atoms with E-state index in [9.17, 15) is 14.9 Å². The highest BCUT2D eigenvalue weighted by molar-refractivity contribution is 5.90. The first kappa shape index (κ1) is 16.1. The number of ether oxygens (including phenoxy) is 1. The maximum Gasteiger partial charge on any atom is 0.269 e. The highest BCUT2D eigenvalue weighted by Gasteiger charge is 2.26. The molecule has 0 spiro atoms. The predicted molar refractivity (Wildman–Crippen MR) is 99.3 cm³/mol. The average Bonchev–Trinajstić information content (AvgIpc) is 2.66. The smallest absolute Gasteiger partial charge is 0.269 e. The molecule has 0 saturated heterocycles. The number of hydrogen-bond acceptors (Lipinski definition) is 4. The largest absolute Gasteiger partial charge is 0.480 e. The van der Waals surface area contributed by atoms with E-state index in [4.69, 9.17) is 4.74 Å². The second-order valence-corrected chi connectivity index (χ2v) is 6.36. The molecule has 1 unspecified atom stereocenters. The van der Waals surface area contributed by atoms with Gasteiger partial charge in [-0.1, -0.05) is 12.1 Å². The van der Waals surface area contributed by atoms with Gasteiger partial charge in [0.1, 0.15) is 11.9 Å². The topological polar surface area (TPSA) is 74.4 Å². The number of pyridine rings is 1. The van der Waals surface area contributed by atoms with Crippen molar-refractivity contribution in [2.45, 2.75) is 13.0 Å². The van der Waals surface area contributed by atoms with Gasteiger partial charge in [0, 0.05) is 24.6 Å². The lowest BCUT2D eigenvalue weighted by atomic mass is 9.96. The van der Waals surface area contributed by atoms with E-state index in [1.165, 1.54) is 12.1 Å². The predicted octanol–water partition coefficient (Wildman–Crippen LogP) is 3.98. The summed E-state index contributed by atoms with van der Waals surface area (Å²) in [5, 5.41) is 11.7. The molecule has 1 aliphatic heterocycles. The van der Waals surface area contributed by atoms with E-state index in [0.717, 1.165) is 22.0 Å². The quantitative estimate of drug-likeness (QED) is 0.518. The van der Waals surface area contributed by atoms with Crippen molar-refractivity contribution >= 4 is 22.7 Å². The van der Waals surface area contributed by atoms with Crippen molar-refractivity contribution in [1.82, 2.24) is 4.57 Å². The molecule has 6 nitrogen and oxygen atoms in total. The van der Waals surface area contributed by atoms with Gasteiger partial charge in [-0.05, 0) is 48.4 Å². The number of para-hydroxylation sites is 1. The standard InChI is InChI=1S/C20H16N2O4/c1-12-11-16-19(15-5-3-4-6-17(15)21(2)20(16)23)26-18(12)13-7-9-14(10-8-13)22(24)25/h3-11,18H,1-2H3. The molecule has 1 aromatic heterocycles. The molecule has 4 rings (SSSR count). The number of nitro groups is 1. The summed E-state index contributed by atoms with van der Waals surface area (Å²) < 4.78 is 7.85. The third-order valence-electron chi connectivity index (χ3n) is 4.72. The van der Waals surface area contributed by atoms with E-state index in [-0.39, 0.29) is 17.4 Å². The van der Waals surface area contributed by atoms with E-state index < -0.39 is 4.92 Å². The maximum absolute atomic E-state index is 12.7. The van der Waals surface area contributed by atoms with E-state index >= 15 is 0 Å². The van der Waals surface area contributed by atoms with Gasteiger partial charge in [0.25, 0.3) is 11.2 Å². The molecule has 1 atom stereocenters. The number of aryl methyl sites for hydroxylation is 1. The Hall–Kier alpha value is -3.41. The summed E-state index contributed by atoms with van der Waals surface area (Å²) in [5.41, 5.74) is 2.93. The first-order valence-corrected chi connectivity index (χ1v) is 8.18. The second kappa shape index (κ2) is 5.84. The molecule has 1 aliphatic rings. The highest BCUT2D eigenvalue weighted by Crippen LogP contribution is 2.39. The summed E-state index contributed by atoms with van der Waals surface area (Å²) in [6.45, 7) is 1.89. The lowest BCUT2D eigenvalue weighted by Crippen LogP contribution is -2.24. The van der Waals surface area contributed by atoms with Crippen LogP contribution in [0.1, 0.15) is 24.2 Å². The van der Waals surface area contributed by atoms with Gasteiger partial charge in [0.2, 0.25) is 0 Å². The molecule has 3 aromatic rings. The van der Waals surface area contributed by atoms with Crippen LogP contribution in [-0.2, 0) is 7.05 Å². The van der Waals surface area contributed by atoms with Gasteiger partial charge in [0.15, 0.2) is 0 Å². The summed E-state index contributed by atoms with van der Waals surface area (Å²) in [6, 6.07) is 13.9. The van der Waals surface area contributed by atoms with E-state index in [2.05, 4.69) is 0 Å². The Bertz CT molecular complexity index is 1130. The van der Waals surface area contributed by atoms with Crippen LogP contribution in [0.4, 0.5) is 5.69 Å². The molecule has 6 heteroatoms. The number of nitro benzene ring substituents is 1. The Morgan fingerprint density at radius 2 is 1.81 bits per heavy atom. The van der Waals surface area contributed by atoms with Crippen molar-refractivity contribution in [2.75, 3.05) is 0 Å². The van der Waals surface area contributed by atoms with Crippen molar-refractivity contribution in [2.24, 2.45) is 7.05 Å². The van der Waals surface area contributed by atoms with E-state index in [0.29, 0.717) is 11.3 Å². The van der Waals surface area contributed by atoms with Crippen LogP contribution in [0.3, 0.4) is 0 Å². The number of nitrogens with zero attached hydrogens (tertiary/aromatic N) is 2. The Balaban J connectivity index is 1.87. The molecule has 0 amide bonds. The van der Waals surface area contributed by atoms with Gasteiger partial charge in [-0.2, -0.15) is 0 Å².